The highest BCUT2D eigenvalue weighted by Crippen LogP contribution is 2.30. The Hall–Kier alpha value is -1.10. The van der Waals surface area contributed by atoms with Crippen molar-refractivity contribution in [3.05, 3.63) is 35.1 Å². The van der Waals surface area contributed by atoms with Crippen LogP contribution in [0.4, 0.5) is 17.6 Å². The molecule has 1 aromatic rings. The van der Waals surface area contributed by atoms with Crippen molar-refractivity contribution in [3.63, 3.8) is 0 Å². The van der Waals surface area contributed by atoms with E-state index in [1.807, 2.05) is 0 Å². The van der Waals surface area contributed by atoms with E-state index in [9.17, 15) is 17.6 Å². The average Bonchev–Trinajstić information content (AvgIpc) is 2.96. The second kappa shape index (κ2) is 4.05. The predicted octanol–water partition coefficient (Wildman–Crippen LogP) is 3.10. The minimum atomic E-state index is -4.49. The van der Waals surface area contributed by atoms with Crippen molar-refractivity contribution in [2.45, 2.75) is 31.6 Å². The molecule has 88 valence electrons. The topological polar surface area (TPSA) is 12.0 Å². The fourth-order valence-electron chi connectivity index (χ4n) is 1.47. The molecule has 1 N–H and O–H groups in total. The highest BCUT2D eigenvalue weighted by molar-refractivity contribution is 5.26. The molecule has 0 aliphatic heterocycles. The van der Waals surface area contributed by atoms with E-state index < -0.39 is 17.6 Å². The molecule has 0 bridgehead atoms. The van der Waals surface area contributed by atoms with E-state index in [-0.39, 0.29) is 6.54 Å². The van der Waals surface area contributed by atoms with Crippen molar-refractivity contribution in [2.75, 3.05) is 0 Å². The van der Waals surface area contributed by atoms with Crippen LogP contribution in [0.25, 0.3) is 0 Å². The largest absolute Gasteiger partial charge is 0.416 e. The molecular formula is C11H11F4N. The molecular weight excluding hydrogens is 222 g/mol. The van der Waals surface area contributed by atoms with Gasteiger partial charge in [0.1, 0.15) is 5.82 Å². The van der Waals surface area contributed by atoms with Gasteiger partial charge in [0.15, 0.2) is 0 Å². The first-order valence-electron chi connectivity index (χ1n) is 5.05. The molecule has 0 heterocycles. The first-order valence-corrected chi connectivity index (χ1v) is 5.05. The van der Waals surface area contributed by atoms with Gasteiger partial charge in [0.2, 0.25) is 0 Å². The molecule has 0 spiro atoms. The molecule has 1 aliphatic rings. The van der Waals surface area contributed by atoms with Crippen LogP contribution >= 0.6 is 0 Å². The lowest BCUT2D eigenvalue weighted by molar-refractivity contribution is -0.137. The lowest BCUT2D eigenvalue weighted by Gasteiger charge is -2.09. The van der Waals surface area contributed by atoms with Gasteiger partial charge in [-0.1, -0.05) is 0 Å². The smallest absolute Gasteiger partial charge is 0.310 e. The standard InChI is InChI=1S/C11H11F4N/c12-9-4-7(6-16-10-1-2-10)3-8(5-9)11(13,14)15/h3-5,10,16H,1-2,6H2. The van der Waals surface area contributed by atoms with Crippen molar-refractivity contribution in [1.82, 2.24) is 5.32 Å². The van der Waals surface area contributed by atoms with Crippen LogP contribution < -0.4 is 5.32 Å². The van der Waals surface area contributed by atoms with E-state index in [0.717, 1.165) is 25.0 Å². The number of halogens is 4. The number of rotatable bonds is 3. The third-order valence-corrected chi connectivity index (χ3v) is 2.46. The van der Waals surface area contributed by atoms with Gasteiger partial charge in [-0.2, -0.15) is 13.2 Å². The minimum absolute atomic E-state index is 0.283. The predicted molar refractivity (Wildman–Crippen MR) is 51.3 cm³/mol. The molecule has 1 saturated carbocycles. The van der Waals surface area contributed by atoms with E-state index in [4.69, 9.17) is 0 Å². The van der Waals surface area contributed by atoms with Gasteiger partial charge in [0.25, 0.3) is 0 Å². The summed E-state index contributed by atoms with van der Waals surface area (Å²) >= 11 is 0. The number of nitrogens with one attached hydrogen (secondary N) is 1. The molecule has 16 heavy (non-hydrogen) atoms. The van der Waals surface area contributed by atoms with Crippen molar-refractivity contribution in [3.8, 4) is 0 Å². The van der Waals surface area contributed by atoms with Crippen molar-refractivity contribution < 1.29 is 17.6 Å². The Labute approximate surface area is 90.5 Å². The molecule has 1 fully saturated rings. The first kappa shape index (κ1) is 11.4. The zero-order valence-corrected chi connectivity index (χ0v) is 8.44. The van der Waals surface area contributed by atoms with Crippen LogP contribution in [0.3, 0.4) is 0 Å². The second-order valence-electron chi connectivity index (χ2n) is 4.00. The van der Waals surface area contributed by atoms with Gasteiger partial charge in [-0.3, -0.25) is 0 Å². The summed E-state index contributed by atoms with van der Waals surface area (Å²) in [5, 5.41) is 3.04. The number of alkyl halides is 3. The van der Waals surface area contributed by atoms with Gasteiger partial charge >= 0.3 is 6.18 Å². The van der Waals surface area contributed by atoms with Crippen LogP contribution in [0.1, 0.15) is 24.0 Å². The number of benzene rings is 1. The highest BCUT2D eigenvalue weighted by Gasteiger charge is 2.31. The molecule has 0 saturated heterocycles. The number of hydrogen-bond acceptors (Lipinski definition) is 1. The second-order valence-corrected chi connectivity index (χ2v) is 4.00. The molecule has 1 aliphatic carbocycles. The third kappa shape index (κ3) is 2.95. The number of hydrogen-bond donors (Lipinski definition) is 1. The molecule has 1 nitrogen and oxygen atoms in total. The Morgan fingerprint density at radius 2 is 1.88 bits per heavy atom. The first-order chi connectivity index (χ1) is 7.45. The van der Waals surface area contributed by atoms with E-state index in [1.165, 1.54) is 0 Å². The highest BCUT2D eigenvalue weighted by atomic mass is 19.4. The third-order valence-electron chi connectivity index (χ3n) is 2.46. The summed E-state index contributed by atoms with van der Waals surface area (Å²) in [6.45, 7) is 0.283. The van der Waals surface area contributed by atoms with Gasteiger partial charge in [0, 0.05) is 12.6 Å². The minimum Gasteiger partial charge on any atom is -0.310 e. The van der Waals surface area contributed by atoms with Gasteiger partial charge in [0.05, 0.1) is 5.56 Å². The van der Waals surface area contributed by atoms with E-state index in [2.05, 4.69) is 5.32 Å². The van der Waals surface area contributed by atoms with Crippen LogP contribution in [0.5, 0.6) is 0 Å². The van der Waals surface area contributed by atoms with Crippen LogP contribution in [-0.4, -0.2) is 6.04 Å². The molecule has 5 heteroatoms. The summed E-state index contributed by atoms with van der Waals surface area (Å²) in [6, 6.07) is 3.02. The van der Waals surface area contributed by atoms with Crippen LogP contribution in [0.2, 0.25) is 0 Å². The Morgan fingerprint density at radius 1 is 1.19 bits per heavy atom. The van der Waals surface area contributed by atoms with E-state index in [1.54, 1.807) is 0 Å². The lowest BCUT2D eigenvalue weighted by atomic mass is 10.1. The molecule has 0 unspecified atom stereocenters. The Morgan fingerprint density at radius 3 is 2.44 bits per heavy atom. The van der Waals surface area contributed by atoms with Gasteiger partial charge < -0.3 is 5.32 Å². The summed E-state index contributed by atoms with van der Waals surface area (Å²) < 4.78 is 50.1. The SMILES string of the molecule is Fc1cc(CNC2CC2)cc(C(F)(F)F)c1. The van der Waals surface area contributed by atoms with Crippen molar-refractivity contribution >= 4 is 0 Å². The van der Waals surface area contributed by atoms with Gasteiger partial charge in [-0.25, -0.2) is 4.39 Å². The maximum Gasteiger partial charge on any atom is 0.416 e. The fraction of sp³-hybridized carbons (Fsp3) is 0.455. The maximum atomic E-state index is 13.0. The molecule has 2 rings (SSSR count). The molecule has 0 aromatic heterocycles. The summed E-state index contributed by atoms with van der Waals surface area (Å²) in [5.41, 5.74) is -0.598. The quantitative estimate of drug-likeness (QED) is 0.791. The van der Waals surface area contributed by atoms with E-state index >= 15 is 0 Å². The summed E-state index contributed by atoms with van der Waals surface area (Å²) in [7, 11) is 0. The maximum absolute atomic E-state index is 13.0. The summed E-state index contributed by atoms with van der Waals surface area (Å²) in [6.07, 6.45) is -2.40. The van der Waals surface area contributed by atoms with Crippen LogP contribution in [0, 0.1) is 5.82 Å². The lowest BCUT2D eigenvalue weighted by Crippen LogP contribution is -2.16. The Bertz CT molecular complexity index is 382. The summed E-state index contributed by atoms with van der Waals surface area (Å²) in [5.74, 6) is -0.845. The molecule has 0 radical (unpaired) electrons. The summed E-state index contributed by atoms with van der Waals surface area (Å²) in [4.78, 5) is 0. The van der Waals surface area contributed by atoms with Gasteiger partial charge in [-0.15, -0.1) is 0 Å². The Balaban J connectivity index is 2.14. The van der Waals surface area contributed by atoms with Gasteiger partial charge in [-0.05, 0) is 36.6 Å². The van der Waals surface area contributed by atoms with E-state index in [0.29, 0.717) is 17.7 Å². The monoisotopic (exact) mass is 233 g/mol. The average molecular weight is 233 g/mol. The molecule has 1 aromatic carbocycles. The molecule has 0 atom stereocenters. The normalized spacial score (nSPS) is 16.5. The van der Waals surface area contributed by atoms with Crippen molar-refractivity contribution in [2.24, 2.45) is 0 Å². The van der Waals surface area contributed by atoms with Crippen molar-refractivity contribution in [1.29, 1.82) is 0 Å². The Kier molecular flexibility index (Phi) is 2.88. The zero-order chi connectivity index (χ0) is 11.8. The van der Waals surface area contributed by atoms with Crippen LogP contribution in [-0.2, 0) is 12.7 Å². The zero-order valence-electron chi connectivity index (χ0n) is 8.44. The fourth-order valence-corrected chi connectivity index (χ4v) is 1.47. The van der Waals surface area contributed by atoms with Crippen LogP contribution in [0.15, 0.2) is 18.2 Å². The molecule has 0 amide bonds.